The highest BCUT2D eigenvalue weighted by Gasteiger charge is 2.50. The second kappa shape index (κ2) is 8.41. The van der Waals surface area contributed by atoms with Crippen LogP contribution in [0.1, 0.15) is 18.5 Å². The van der Waals surface area contributed by atoms with Crippen LogP contribution >= 0.6 is 11.8 Å². The van der Waals surface area contributed by atoms with Gasteiger partial charge in [-0.05, 0) is 36.9 Å². The molecule has 5 rings (SSSR count). The largest absolute Gasteiger partial charge is 0.380 e. The molecule has 2 aliphatic rings. The van der Waals surface area contributed by atoms with Crippen LogP contribution in [0.15, 0.2) is 53.9 Å². The molecule has 2 fully saturated rings. The maximum absolute atomic E-state index is 5.37. The van der Waals surface area contributed by atoms with E-state index in [1.54, 1.807) is 18.0 Å². The van der Waals surface area contributed by atoms with Gasteiger partial charge in [-0.25, -0.2) is 19.9 Å². The third-order valence-electron chi connectivity index (χ3n) is 5.87. The number of pyridine rings is 2. The SMILES string of the molecule is CSc1cccnc1Nc1cc(Nc2ccc(C(C)N3CC4(COC4)C3)cn2)ncn1. The molecule has 3 aromatic rings. The number of rotatable bonds is 7. The number of ether oxygens (including phenoxy) is 1. The number of likely N-dealkylation sites (tertiary alicyclic amines) is 1. The summed E-state index contributed by atoms with van der Waals surface area (Å²) in [7, 11) is 0. The third-order valence-corrected chi connectivity index (χ3v) is 6.64. The van der Waals surface area contributed by atoms with Gasteiger partial charge in [0.05, 0.1) is 13.2 Å². The predicted molar refractivity (Wildman–Crippen MR) is 122 cm³/mol. The van der Waals surface area contributed by atoms with E-state index >= 15 is 0 Å². The van der Waals surface area contributed by atoms with Gasteiger partial charge in [0.1, 0.15) is 29.6 Å². The molecule has 5 heterocycles. The molecular weight excluding hydrogens is 410 g/mol. The number of aromatic nitrogens is 4. The van der Waals surface area contributed by atoms with Crippen LogP contribution in [0.25, 0.3) is 0 Å². The van der Waals surface area contributed by atoms with Crippen LogP contribution in [0, 0.1) is 5.41 Å². The smallest absolute Gasteiger partial charge is 0.145 e. The Hall–Kier alpha value is -2.75. The molecule has 2 N–H and O–H groups in total. The Kier molecular flexibility index (Phi) is 5.47. The predicted octanol–water partition coefficient (Wildman–Crippen LogP) is 3.87. The van der Waals surface area contributed by atoms with Crippen LogP contribution < -0.4 is 10.6 Å². The number of nitrogens with zero attached hydrogens (tertiary/aromatic N) is 5. The van der Waals surface area contributed by atoms with Gasteiger partial charge in [-0.3, -0.25) is 4.90 Å². The second-order valence-corrected chi connectivity index (χ2v) is 8.99. The number of hydrogen-bond acceptors (Lipinski definition) is 9. The van der Waals surface area contributed by atoms with Gasteiger partial charge in [0.2, 0.25) is 0 Å². The standard InChI is InChI=1S/C22H25N7OS/c1-15(29-10-22(11-29)12-30-13-22)16-5-6-18(24-9-16)27-19-8-20(26-14-25-19)28-21-17(31-2)4-3-7-23-21/h3-9,14-15H,10-13H2,1-2H3,(H2,23,24,25,26,27,28). The molecule has 0 aromatic carbocycles. The molecule has 3 aromatic heterocycles. The van der Waals surface area contributed by atoms with Crippen molar-refractivity contribution < 1.29 is 4.74 Å². The van der Waals surface area contributed by atoms with E-state index < -0.39 is 0 Å². The normalized spacial score (nSPS) is 18.1. The maximum atomic E-state index is 5.37. The van der Waals surface area contributed by atoms with Gasteiger partial charge in [-0.15, -0.1) is 11.8 Å². The average Bonchev–Trinajstić information content (AvgIpc) is 2.73. The molecule has 0 bridgehead atoms. The highest BCUT2D eigenvalue weighted by molar-refractivity contribution is 7.98. The van der Waals surface area contributed by atoms with Crippen LogP contribution in [0.3, 0.4) is 0 Å². The van der Waals surface area contributed by atoms with Gasteiger partial charge in [0.25, 0.3) is 0 Å². The average molecular weight is 436 g/mol. The van der Waals surface area contributed by atoms with Crippen molar-refractivity contribution in [3.8, 4) is 0 Å². The summed E-state index contributed by atoms with van der Waals surface area (Å²) in [6.45, 7) is 6.27. The summed E-state index contributed by atoms with van der Waals surface area (Å²) < 4.78 is 5.37. The summed E-state index contributed by atoms with van der Waals surface area (Å²) in [4.78, 5) is 21.1. The molecule has 31 heavy (non-hydrogen) atoms. The fourth-order valence-electron chi connectivity index (χ4n) is 4.00. The summed E-state index contributed by atoms with van der Waals surface area (Å²) in [5, 5.41) is 6.51. The first kappa shape index (κ1) is 20.2. The van der Waals surface area contributed by atoms with Crippen LogP contribution in [-0.2, 0) is 4.74 Å². The lowest BCUT2D eigenvalue weighted by Crippen LogP contribution is -2.66. The topological polar surface area (TPSA) is 88.1 Å². The Morgan fingerprint density at radius 2 is 1.84 bits per heavy atom. The second-order valence-electron chi connectivity index (χ2n) is 8.14. The highest BCUT2D eigenvalue weighted by Crippen LogP contribution is 2.41. The van der Waals surface area contributed by atoms with E-state index in [-0.39, 0.29) is 0 Å². The van der Waals surface area contributed by atoms with E-state index in [4.69, 9.17) is 4.74 Å². The molecule has 0 radical (unpaired) electrons. The third kappa shape index (κ3) is 4.21. The molecule has 0 aliphatic carbocycles. The first-order chi connectivity index (χ1) is 15.1. The number of nitrogens with one attached hydrogen (secondary N) is 2. The van der Waals surface area contributed by atoms with Gasteiger partial charge in [-0.1, -0.05) is 6.07 Å². The fourth-order valence-corrected chi connectivity index (χ4v) is 4.51. The maximum Gasteiger partial charge on any atom is 0.145 e. The summed E-state index contributed by atoms with van der Waals surface area (Å²) >= 11 is 1.63. The summed E-state index contributed by atoms with van der Waals surface area (Å²) in [6, 6.07) is 10.3. The molecule has 1 atom stereocenters. The lowest BCUT2D eigenvalue weighted by atomic mass is 9.77. The van der Waals surface area contributed by atoms with Crippen LogP contribution in [-0.4, -0.2) is 57.4 Å². The van der Waals surface area contributed by atoms with E-state index in [1.807, 2.05) is 36.7 Å². The number of anilines is 4. The minimum Gasteiger partial charge on any atom is -0.380 e. The molecule has 0 saturated carbocycles. The Balaban J connectivity index is 1.22. The van der Waals surface area contributed by atoms with Gasteiger partial charge in [0, 0.05) is 47.9 Å². The minimum absolute atomic E-state index is 0.353. The van der Waals surface area contributed by atoms with Gasteiger partial charge >= 0.3 is 0 Å². The van der Waals surface area contributed by atoms with E-state index in [0.717, 1.165) is 42.8 Å². The summed E-state index contributed by atoms with van der Waals surface area (Å²) in [5.74, 6) is 2.86. The zero-order valence-electron chi connectivity index (χ0n) is 17.6. The number of hydrogen-bond donors (Lipinski definition) is 2. The first-order valence-corrected chi connectivity index (χ1v) is 11.5. The van der Waals surface area contributed by atoms with Crippen molar-refractivity contribution in [1.29, 1.82) is 0 Å². The molecule has 2 aliphatic heterocycles. The van der Waals surface area contributed by atoms with Crippen molar-refractivity contribution in [3.63, 3.8) is 0 Å². The minimum atomic E-state index is 0.353. The van der Waals surface area contributed by atoms with Crippen LogP contribution in [0.5, 0.6) is 0 Å². The lowest BCUT2D eigenvalue weighted by molar-refractivity contribution is -0.197. The molecule has 8 nitrogen and oxygen atoms in total. The Morgan fingerprint density at radius 1 is 1.03 bits per heavy atom. The Labute approximate surface area is 185 Å². The van der Waals surface area contributed by atoms with Crippen molar-refractivity contribution in [2.24, 2.45) is 5.41 Å². The van der Waals surface area contributed by atoms with E-state index in [9.17, 15) is 0 Å². The molecular formula is C22H25N7OS. The van der Waals surface area contributed by atoms with E-state index in [2.05, 4.69) is 48.5 Å². The quantitative estimate of drug-likeness (QED) is 0.537. The van der Waals surface area contributed by atoms with Gasteiger partial charge < -0.3 is 15.4 Å². The monoisotopic (exact) mass is 435 g/mol. The van der Waals surface area contributed by atoms with Crippen molar-refractivity contribution in [2.75, 3.05) is 43.2 Å². The summed E-state index contributed by atoms with van der Waals surface area (Å²) in [6.07, 6.45) is 7.24. The molecule has 2 saturated heterocycles. The molecule has 9 heteroatoms. The van der Waals surface area contributed by atoms with Crippen LogP contribution in [0.2, 0.25) is 0 Å². The molecule has 0 amide bonds. The van der Waals surface area contributed by atoms with Gasteiger partial charge in [0.15, 0.2) is 0 Å². The Morgan fingerprint density at radius 3 is 2.52 bits per heavy atom. The van der Waals surface area contributed by atoms with Crippen molar-refractivity contribution >= 4 is 35.0 Å². The molecule has 1 spiro atoms. The van der Waals surface area contributed by atoms with E-state index in [1.165, 1.54) is 11.9 Å². The Bertz CT molecular complexity index is 1050. The van der Waals surface area contributed by atoms with Crippen molar-refractivity contribution in [1.82, 2.24) is 24.8 Å². The molecule has 160 valence electrons. The zero-order valence-corrected chi connectivity index (χ0v) is 18.4. The highest BCUT2D eigenvalue weighted by atomic mass is 32.2. The van der Waals surface area contributed by atoms with E-state index in [0.29, 0.717) is 23.1 Å². The zero-order chi connectivity index (χ0) is 21.3. The summed E-state index contributed by atoms with van der Waals surface area (Å²) in [5.41, 5.74) is 1.64. The molecule has 1 unspecified atom stereocenters. The fraction of sp³-hybridized carbons (Fsp3) is 0.364. The van der Waals surface area contributed by atoms with Gasteiger partial charge in [-0.2, -0.15) is 0 Å². The van der Waals surface area contributed by atoms with Crippen LogP contribution in [0.4, 0.5) is 23.3 Å². The lowest BCUT2D eigenvalue weighted by Gasteiger charge is -2.57. The van der Waals surface area contributed by atoms with Crippen molar-refractivity contribution in [2.45, 2.75) is 17.9 Å². The van der Waals surface area contributed by atoms with Crippen molar-refractivity contribution in [3.05, 3.63) is 54.6 Å². The number of thioether (sulfide) groups is 1. The first-order valence-electron chi connectivity index (χ1n) is 10.3.